The SMILES string of the molecule is CC(=O)c1[nH]nc2c(C)cccc12. The number of carbonyl (C=O) groups is 1. The fourth-order valence-electron chi connectivity index (χ4n) is 1.45. The first-order chi connectivity index (χ1) is 6.20. The first-order valence-electron chi connectivity index (χ1n) is 4.15. The molecule has 1 N–H and O–H groups in total. The van der Waals surface area contributed by atoms with E-state index in [1.54, 1.807) is 0 Å². The van der Waals surface area contributed by atoms with Crippen LogP contribution < -0.4 is 0 Å². The summed E-state index contributed by atoms with van der Waals surface area (Å²) in [5.74, 6) is 0.0214. The van der Waals surface area contributed by atoms with Gasteiger partial charge in [-0.2, -0.15) is 5.10 Å². The number of carbonyl (C=O) groups excluding carboxylic acids is 1. The van der Waals surface area contributed by atoms with Crippen LogP contribution in [0.5, 0.6) is 0 Å². The van der Waals surface area contributed by atoms with Gasteiger partial charge in [0.25, 0.3) is 0 Å². The number of aromatic nitrogens is 2. The Morgan fingerprint density at radius 1 is 1.46 bits per heavy atom. The van der Waals surface area contributed by atoms with E-state index in [1.165, 1.54) is 6.92 Å². The second-order valence-corrected chi connectivity index (χ2v) is 3.13. The second kappa shape index (κ2) is 2.69. The number of fused-ring (bicyclic) bond motifs is 1. The van der Waals surface area contributed by atoms with Crippen molar-refractivity contribution in [1.29, 1.82) is 0 Å². The summed E-state index contributed by atoms with van der Waals surface area (Å²) in [6, 6.07) is 5.81. The third-order valence-electron chi connectivity index (χ3n) is 2.14. The van der Waals surface area contributed by atoms with E-state index in [-0.39, 0.29) is 5.78 Å². The van der Waals surface area contributed by atoms with Crippen molar-refractivity contribution in [2.45, 2.75) is 13.8 Å². The van der Waals surface area contributed by atoms with Crippen LogP contribution in [0.25, 0.3) is 10.9 Å². The Balaban J connectivity index is 2.83. The number of H-pyrrole nitrogens is 1. The van der Waals surface area contributed by atoms with Gasteiger partial charge >= 0.3 is 0 Å². The molecular formula is C10H10N2O. The van der Waals surface area contributed by atoms with Crippen LogP contribution in [0.15, 0.2) is 18.2 Å². The highest BCUT2D eigenvalue weighted by molar-refractivity contribution is 6.05. The van der Waals surface area contributed by atoms with Gasteiger partial charge in [0.15, 0.2) is 5.78 Å². The van der Waals surface area contributed by atoms with Crippen LogP contribution in [0, 0.1) is 6.92 Å². The zero-order chi connectivity index (χ0) is 9.42. The Morgan fingerprint density at radius 2 is 2.23 bits per heavy atom. The fourth-order valence-corrected chi connectivity index (χ4v) is 1.45. The first-order valence-corrected chi connectivity index (χ1v) is 4.15. The molecule has 0 unspecified atom stereocenters. The van der Waals surface area contributed by atoms with E-state index in [9.17, 15) is 4.79 Å². The molecule has 0 saturated heterocycles. The highest BCUT2D eigenvalue weighted by atomic mass is 16.1. The lowest BCUT2D eigenvalue weighted by molar-refractivity contribution is 0.101. The highest BCUT2D eigenvalue weighted by Gasteiger charge is 2.09. The van der Waals surface area contributed by atoms with Crippen LogP contribution >= 0.6 is 0 Å². The van der Waals surface area contributed by atoms with Gasteiger partial charge in [-0.1, -0.05) is 18.2 Å². The van der Waals surface area contributed by atoms with Crippen molar-refractivity contribution in [2.75, 3.05) is 0 Å². The van der Waals surface area contributed by atoms with Crippen molar-refractivity contribution in [3.63, 3.8) is 0 Å². The maximum atomic E-state index is 11.2. The molecule has 3 heteroatoms. The Kier molecular flexibility index (Phi) is 1.65. The van der Waals surface area contributed by atoms with Crippen molar-refractivity contribution in [3.8, 4) is 0 Å². The summed E-state index contributed by atoms with van der Waals surface area (Å²) >= 11 is 0. The van der Waals surface area contributed by atoms with Crippen LogP contribution in [0.3, 0.4) is 0 Å². The van der Waals surface area contributed by atoms with E-state index >= 15 is 0 Å². The number of para-hydroxylation sites is 1. The molecule has 2 aromatic rings. The third-order valence-corrected chi connectivity index (χ3v) is 2.14. The minimum atomic E-state index is 0.0214. The monoisotopic (exact) mass is 174 g/mol. The van der Waals surface area contributed by atoms with Gasteiger partial charge in [0.2, 0.25) is 0 Å². The molecule has 0 atom stereocenters. The average Bonchev–Trinajstić information content (AvgIpc) is 2.48. The number of hydrogen-bond donors (Lipinski definition) is 1. The van der Waals surface area contributed by atoms with Crippen molar-refractivity contribution < 1.29 is 4.79 Å². The van der Waals surface area contributed by atoms with Gasteiger partial charge in [-0.25, -0.2) is 0 Å². The summed E-state index contributed by atoms with van der Waals surface area (Å²) in [5.41, 5.74) is 2.56. The predicted octanol–water partition coefficient (Wildman–Crippen LogP) is 2.07. The van der Waals surface area contributed by atoms with E-state index in [4.69, 9.17) is 0 Å². The number of rotatable bonds is 1. The maximum absolute atomic E-state index is 11.2. The highest BCUT2D eigenvalue weighted by Crippen LogP contribution is 2.18. The Morgan fingerprint density at radius 3 is 2.92 bits per heavy atom. The predicted molar refractivity (Wildman–Crippen MR) is 50.8 cm³/mol. The van der Waals surface area contributed by atoms with E-state index in [2.05, 4.69) is 10.2 Å². The molecule has 13 heavy (non-hydrogen) atoms. The molecule has 1 heterocycles. The van der Waals surface area contributed by atoms with Crippen LogP contribution in [0.1, 0.15) is 23.0 Å². The molecule has 0 bridgehead atoms. The lowest BCUT2D eigenvalue weighted by Gasteiger charge is -1.93. The summed E-state index contributed by atoms with van der Waals surface area (Å²) in [4.78, 5) is 11.2. The van der Waals surface area contributed by atoms with Gasteiger partial charge in [-0.05, 0) is 12.5 Å². The van der Waals surface area contributed by atoms with Crippen molar-refractivity contribution in [2.24, 2.45) is 0 Å². The number of Topliss-reactive ketones (excluding diaryl/α,β-unsaturated/α-hetero) is 1. The van der Waals surface area contributed by atoms with E-state index in [0.29, 0.717) is 5.69 Å². The number of aromatic amines is 1. The number of benzene rings is 1. The zero-order valence-electron chi connectivity index (χ0n) is 7.59. The molecule has 0 amide bonds. The van der Waals surface area contributed by atoms with Crippen LogP contribution in [0.2, 0.25) is 0 Å². The molecule has 0 radical (unpaired) electrons. The molecule has 0 spiro atoms. The summed E-state index contributed by atoms with van der Waals surface area (Å²) in [6.07, 6.45) is 0. The fraction of sp³-hybridized carbons (Fsp3) is 0.200. The normalized spacial score (nSPS) is 10.6. The van der Waals surface area contributed by atoms with Crippen molar-refractivity contribution >= 4 is 16.7 Å². The number of ketones is 1. The molecule has 0 aliphatic carbocycles. The maximum Gasteiger partial charge on any atom is 0.178 e. The molecule has 0 aliphatic rings. The lowest BCUT2D eigenvalue weighted by atomic mass is 10.1. The van der Waals surface area contributed by atoms with Crippen molar-refractivity contribution in [3.05, 3.63) is 29.5 Å². The molecule has 66 valence electrons. The average molecular weight is 174 g/mol. The summed E-state index contributed by atoms with van der Waals surface area (Å²) in [7, 11) is 0. The number of aryl methyl sites for hydroxylation is 1. The minimum absolute atomic E-state index is 0.0214. The molecule has 2 rings (SSSR count). The molecule has 0 fully saturated rings. The van der Waals surface area contributed by atoms with Gasteiger partial charge in [0.05, 0.1) is 5.52 Å². The van der Waals surface area contributed by atoms with Gasteiger partial charge in [0.1, 0.15) is 5.69 Å². The number of nitrogens with one attached hydrogen (secondary N) is 1. The number of nitrogens with zero attached hydrogens (tertiary/aromatic N) is 1. The Labute approximate surface area is 75.8 Å². The quantitative estimate of drug-likeness (QED) is 0.673. The first kappa shape index (κ1) is 7.98. The smallest absolute Gasteiger partial charge is 0.178 e. The molecule has 1 aromatic carbocycles. The Bertz CT molecular complexity index is 471. The van der Waals surface area contributed by atoms with Crippen LogP contribution in [-0.4, -0.2) is 16.0 Å². The molecule has 0 saturated carbocycles. The topological polar surface area (TPSA) is 45.8 Å². The standard InChI is InChI=1S/C10H10N2O/c1-6-4-3-5-8-9(6)11-12-10(8)7(2)13/h3-5H,1-2H3,(H,11,12). The molecule has 3 nitrogen and oxygen atoms in total. The summed E-state index contributed by atoms with van der Waals surface area (Å²) in [6.45, 7) is 3.52. The Hall–Kier alpha value is -1.64. The van der Waals surface area contributed by atoms with Gasteiger partial charge < -0.3 is 0 Å². The third kappa shape index (κ3) is 1.13. The molecule has 0 aliphatic heterocycles. The summed E-state index contributed by atoms with van der Waals surface area (Å²) < 4.78 is 0. The van der Waals surface area contributed by atoms with Gasteiger partial charge in [-0.3, -0.25) is 9.89 Å². The van der Waals surface area contributed by atoms with Crippen LogP contribution in [-0.2, 0) is 0 Å². The zero-order valence-corrected chi connectivity index (χ0v) is 7.59. The van der Waals surface area contributed by atoms with E-state index in [1.807, 2.05) is 25.1 Å². The number of hydrogen-bond acceptors (Lipinski definition) is 2. The minimum Gasteiger partial charge on any atom is -0.293 e. The largest absolute Gasteiger partial charge is 0.293 e. The van der Waals surface area contributed by atoms with Crippen LogP contribution in [0.4, 0.5) is 0 Å². The second-order valence-electron chi connectivity index (χ2n) is 3.13. The van der Waals surface area contributed by atoms with E-state index in [0.717, 1.165) is 16.5 Å². The van der Waals surface area contributed by atoms with Gasteiger partial charge in [-0.15, -0.1) is 0 Å². The van der Waals surface area contributed by atoms with E-state index < -0.39 is 0 Å². The molecular weight excluding hydrogens is 164 g/mol. The lowest BCUT2D eigenvalue weighted by Crippen LogP contribution is -1.92. The van der Waals surface area contributed by atoms with Crippen molar-refractivity contribution in [1.82, 2.24) is 10.2 Å². The summed E-state index contributed by atoms with van der Waals surface area (Å²) in [5, 5.41) is 7.76. The van der Waals surface area contributed by atoms with Gasteiger partial charge in [0, 0.05) is 12.3 Å². The molecule has 1 aromatic heterocycles.